The largest absolute Gasteiger partial charge is 0.462 e. The van der Waals surface area contributed by atoms with Gasteiger partial charge >= 0.3 is 5.97 Å². The van der Waals surface area contributed by atoms with Crippen LogP contribution in [0.15, 0.2) is 47.1 Å². The van der Waals surface area contributed by atoms with Gasteiger partial charge in [-0.1, -0.05) is 5.16 Å². The molecule has 2 N–H and O–H groups in total. The molecule has 0 unspecified atom stereocenters. The second-order valence-corrected chi connectivity index (χ2v) is 5.47. The average molecular weight is 367 g/mol. The fraction of sp³-hybridized carbons (Fsp3) is 0.167. The smallest absolute Gasteiger partial charge is 0.338 e. The second-order valence-electron chi connectivity index (χ2n) is 5.47. The van der Waals surface area contributed by atoms with Gasteiger partial charge in [0.05, 0.1) is 12.2 Å². The van der Waals surface area contributed by atoms with Crippen molar-refractivity contribution in [3.63, 3.8) is 0 Å². The van der Waals surface area contributed by atoms with E-state index in [9.17, 15) is 9.59 Å². The van der Waals surface area contributed by atoms with Crippen LogP contribution in [0.5, 0.6) is 0 Å². The molecule has 1 amide bonds. The molecule has 27 heavy (non-hydrogen) atoms. The monoisotopic (exact) mass is 367 g/mol. The Kier molecular flexibility index (Phi) is 5.41. The number of carbonyl (C=O) groups excluding carboxylic acids is 2. The van der Waals surface area contributed by atoms with Crippen LogP contribution in [0.3, 0.4) is 0 Å². The lowest BCUT2D eigenvalue weighted by molar-refractivity contribution is 0.0526. The predicted octanol–water partition coefficient (Wildman–Crippen LogP) is 2.95. The molecular weight excluding hydrogens is 350 g/mol. The molecule has 1 aromatic carbocycles. The molecule has 2 heterocycles. The minimum absolute atomic E-state index is 0.163. The number of amides is 1. The van der Waals surface area contributed by atoms with Crippen molar-refractivity contribution >= 4 is 29.3 Å². The topological polar surface area (TPSA) is 119 Å². The first-order valence-corrected chi connectivity index (χ1v) is 8.17. The van der Waals surface area contributed by atoms with Crippen molar-refractivity contribution in [2.24, 2.45) is 0 Å². The molecule has 0 fully saturated rings. The lowest BCUT2D eigenvalue weighted by atomic mass is 10.2. The van der Waals surface area contributed by atoms with Crippen molar-refractivity contribution in [2.75, 3.05) is 17.2 Å². The molecule has 3 aromatic rings. The maximum Gasteiger partial charge on any atom is 0.338 e. The zero-order valence-electron chi connectivity index (χ0n) is 14.7. The van der Waals surface area contributed by atoms with Gasteiger partial charge in [-0.2, -0.15) is 0 Å². The van der Waals surface area contributed by atoms with Crippen LogP contribution in [0.25, 0.3) is 0 Å². The van der Waals surface area contributed by atoms with Crippen molar-refractivity contribution < 1.29 is 18.8 Å². The van der Waals surface area contributed by atoms with E-state index in [1.54, 1.807) is 44.2 Å². The van der Waals surface area contributed by atoms with E-state index in [2.05, 4.69) is 25.8 Å². The fourth-order valence-corrected chi connectivity index (χ4v) is 2.18. The highest BCUT2D eigenvalue weighted by Crippen LogP contribution is 2.15. The minimum Gasteiger partial charge on any atom is -0.462 e. The summed E-state index contributed by atoms with van der Waals surface area (Å²) in [6.07, 6.45) is 1.46. The summed E-state index contributed by atoms with van der Waals surface area (Å²) in [4.78, 5) is 32.2. The zero-order chi connectivity index (χ0) is 19.2. The van der Waals surface area contributed by atoms with E-state index in [0.29, 0.717) is 29.4 Å². The molecular formula is C18H17N5O4. The van der Waals surface area contributed by atoms with Gasteiger partial charge in [0.1, 0.15) is 11.5 Å². The van der Waals surface area contributed by atoms with E-state index in [4.69, 9.17) is 9.26 Å². The number of anilines is 3. The molecule has 138 valence electrons. The van der Waals surface area contributed by atoms with Gasteiger partial charge in [0.15, 0.2) is 5.82 Å². The molecule has 9 heteroatoms. The Bertz CT molecular complexity index is 952. The molecule has 0 saturated carbocycles. The van der Waals surface area contributed by atoms with Gasteiger partial charge < -0.3 is 19.9 Å². The summed E-state index contributed by atoms with van der Waals surface area (Å²) in [7, 11) is 0. The molecule has 0 aliphatic carbocycles. The van der Waals surface area contributed by atoms with Gasteiger partial charge in [0, 0.05) is 18.0 Å². The van der Waals surface area contributed by atoms with Crippen molar-refractivity contribution in [3.05, 3.63) is 59.6 Å². The summed E-state index contributed by atoms with van der Waals surface area (Å²) < 4.78 is 9.84. The van der Waals surface area contributed by atoms with E-state index in [-0.39, 0.29) is 17.6 Å². The molecule has 0 bridgehead atoms. The molecule has 0 radical (unpaired) electrons. The molecule has 0 saturated heterocycles. The Hall–Kier alpha value is -3.75. The Morgan fingerprint density at radius 2 is 1.96 bits per heavy atom. The minimum atomic E-state index is -0.439. The lowest BCUT2D eigenvalue weighted by Crippen LogP contribution is -2.15. The van der Waals surface area contributed by atoms with Crippen molar-refractivity contribution in [1.29, 1.82) is 0 Å². The fourth-order valence-electron chi connectivity index (χ4n) is 2.18. The number of hydrogen-bond acceptors (Lipinski definition) is 8. The van der Waals surface area contributed by atoms with E-state index in [0.717, 1.165) is 0 Å². The number of aryl methyl sites for hydroxylation is 1. The average Bonchev–Trinajstić information content (AvgIpc) is 3.07. The summed E-state index contributed by atoms with van der Waals surface area (Å²) in [6.45, 7) is 3.79. The number of aromatic nitrogens is 3. The van der Waals surface area contributed by atoms with Crippen LogP contribution in [0, 0.1) is 6.92 Å². The number of ether oxygens (including phenoxy) is 1. The normalized spacial score (nSPS) is 10.3. The SMILES string of the molecule is CCOC(=O)c1ccc(Nc2nccc(C(=O)Nc3cc(C)on3)n2)cc1. The van der Waals surface area contributed by atoms with Crippen LogP contribution >= 0.6 is 0 Å². The van der Waals surface area contributed by atoms with Gasteiger partial charge in [-0.3, -0.25) is 4.79 Å². The third-order valence-electron chi connectivity index (χ3n) is 3.41. The number of esters is 1. The van der Waals surface area contributed by atoms with Gasteiger partial charge in [-0.15, -0.1) is 0 Å². The third kappa shape index (κ3) is 4.66. The standard InChI is InChI=1S/C18H17N5O4/c1-3-26-17(25)12-4-6-13(7-5-12)20-18-19-9-8-14(21-18)16(24)22-15-10-11(2)27-23-15/h4-10H,3H2,1-2H3,(H,19,20,21)(H,22,23,24). The van der Waals surface area contributed by atoms with Crippen molar-refractivity contribution in [3.8, 4) is 0 Å². The van der Waals surface area contributed by atoms with Gasteiger partial charge in [-0.05, 0) is 44.2 Å². The van der Waals surface area contributed by atoms with E-state index < -0.39 is 5.91 Å². The maximum atomic E-state index is 12.2. The summed E-state index contributed by atoms with van der Waals surface area (Å²) in [5, 5.41) is 9.27. The Morgan fingerprint density at radius 3 is 2.63 bits per heavy atom. The third-order valence-corrected chi connectivity index (χ3v) is 3.41. The summed E-state index contributed by atoms with van der Waals surface area (Å²) >= 11 is 0. The van der Waals surface area contributed by atoms with Crippen LogP contribution in [-0.2, 0) is 4.74 Å². The first-order valence-electron chi connectivity index (χ1n) is 8.17. The molecule has 3 rings (SSSR count). The summed E-state index contributed by atoms with van der Waals surface area (Å²) in [5.41, 5.74) is 1.27. The highest BCUT2D eigenvalue weighted by Gasteiger charge is 2.12. The Labute approximate surface area is 154 Å². The quantitative estimate of drug-likeness (QED) is 0.638. The first-order chi connectivity index (χ1) is 13.0. The van der Waals surface area contributed by atoms with Crippen LogP contribution in [-0.4, -0.2) is 33.6 Å². The van der Waals surface area contributed by atoms with E-state index in [1.165, 1.54) is 12.3 Å². The highest BCUT2D eigenvalue weighted by atomic mass is 16.5. The van der Waals surface area contributed by atoms with Crippen LogP contribution in [0.1, 0.15) is 33.5 Å². The first kappa shape index (κ1) is 18.1. The molecule has 2 aromatic heterocycles. The van der Waals surface area contributed by atoms with Gasteiger partial charge in [-0.25, -0.2) is 14.8 Å². The maximum absolute atomic E-state index is 12.2. The second kappa shape index (κ2) is 8.09. The predicted molar refractivity (Wildman–Crippen MR) is 96.9 cm³/mol. The number of rotatable bonds is 6. The Balaban J connectivity index is 1.68. The Morgan fingerprint density at radius 1 is 1.19 bits per heavy atom. The molecule has 0 spiro atoms. The van der Waals surface area contributed by atoms with E-state index >= 15 is 0 Å². The van der Waals surface area contributed by atoms with Crippen LogP contribution in [0.4, 0.5) is 17.5 Å². The van der Waals surface area contributed by atoms with Crippen LogP contribution in [0.2, 0.25) is 0 Å². The molecule has 9 nitrogen and oxygen atoms in total. The molecule has 0 aliphatic heterocycles. The van der Waals surface area contributed by atoms with Crippen LogP contribution < -0.4 is 10.6 Å². The number of carbonyl (C=O) groups is 2. The van der Waals surface area contributed by atoms with Gasteiger partial charge in [0.25, 0.3) is 5.91 Å². The molecule has 0 atom stereocenters. The number of hydrogen-bond donors (Lipinski definition) is 2. The molecule has 0 aliphatic rings. The van der Waals surface area contributed by atoms with E-state index in [1.807, 2.05) is 0 Å². The lowest BCUT2D eigenvalue weighted by Gasteiger charge is -2.07. The van der Waals surface area contributed by atoms with Crippen molar-refractivity contribution in [2.45, 2.75) is 13.8 Å². The summed E-state index contributed by atoms with van der Waals surface area (Å²) in [6, 6.07) is 9.73. The van der Waals surface area contributed by atoms with Crippen molar-refractivity contribution in [1.82, 2.24) is 15.1 Å². The number of nitrogens with one attached hydrogen (secondary N) is 2. The highest BCUT2D eigenvalue weighted by molar-refractivity contribution is 6.02. The zero-order valence-corrected chi connectivity index (χ0v) is 14.7. The summed E-state index contributed by atoms with van der Waals surface area (Å²) in [5.74, 6) is 0.304. The number of benzene rings is 1. The van der Waals surface area contributed by atoms with Gasteiger partial charge in [0.2, 0.25) is 5.95 Å². The number of nitrogens with zero attached hydrogens (tertiary/aromatic N) is 3.